The summed E-state index contributed by atoms with van der Waals surface area (Å²) in [6, 6.07) is 7.29. The van der Waals surface area contributed by atoms with Crippen LogP contribution >= 0.6 is 15.9 Å². The van der Waals surface area contributed by atoms with E-state index in [1.807, 2.05) is 43.9 Å². The number of nitrogens with zero attached hydrogens (tertiary/aromatic N) is 6. The normalized spacial score (nSPS) is 11.0. The summed E-state index contributed by atoms with van der Waals surface area (Å²) in [4.78, 5) is 25.6. The van der Waals surface area contributed by atoms with E-state index in [-0.39, 0.29) is 17.5 Å². The predicted octanol–water partition coefficient (Wildman–Crippen LogP) is 2.96. The Morgan fingerprint density at radius 2 is 1.74 bits per heavy atom. The van der Waals surface area contributed by atoms with Crippen LogP contribution < -0.4 is 10.6 Å². The van der Waals surface area contributed by atoms with Crippen LogP contribution in [0, 0.1) is 13.8 Å². The van der Waals surface area contributed by atoms with E-state index < -0.39 is 0 Å². The minimum Gasteiger partial charge on any atom is -0.346 e. The van der Waals surface area contributed by atoms with Crippen LogP contribution in [0.5, 0.6) is 0 Å². The van der Waals surface area contributed by atoms with Gasteiger partial charge in [0.15, 0.2) is 0 Å². The van der Waals surface area contributed by atoms with E-state index in [0.717, 1.165) is 27.0 Å². The first-order chi connectivity index (χ1) is 16.2. The molecule has 1 aromatic carbocycles. The molecule has 3 aromatic heterocycles. The molecule has 3 heterocycles. The Bertz CT molecular complexity index is 1350. The summed E-state index contributed by atoms with van der Waals surface area (Å²) < 4.78 is 6.02. The van der Waals surface area contributed by atoms with Crippen LogP contribution in [0.2, 0.25) is 0 Å². The van der Waals surface area contributed by atoms with Crippen LogP contribution in [0.15, 0.2) is 47.3 Å². The van der Waals surface area contributed by atoms with Crippen LogP contribution in [0.4, 0.5) is 5.69 Å². The first kappa shape index (κ1) is 23.4. The number of carbonyl (C=O) groups excluding carboxylic acids is 2. The molecule has 0 aliphatic carbocycles. The summed E-state index contributed by atoms with van der Waals surface area (Å²) in [6.07, 6.45) is 4.97. The number of carbonyl (C=O) groups is 2. The SMILES string of the molecule is Cc1nn(Cc2ccc(C(=O)Nc3cnn(C)c3C(=O)NCc3cnn(C)c3)cc2)c(C)c1Br. The molecule has 0 fully saturated rings. The maximum absolute atomic E-state index is 12.8. The smallest absolute Gasteiger partial charge is 0.271 e. The van der Waals surface area contributed by atoms with Gasteiger partial charge in [-0.3, -0.25) is 23.6 Å². The highest BCUT2D eigenvalue weighted by atomic mass is 79.9. The second-order valence-electron chi connectivity index (χ2n) is 8.03. The number of nitrogens with one attached hydrogen (secondary N) is 2. The zero-order chi connectivity index (χ0) is 24.4. The summed E-state index contributed by atoms with van der Waals surface area (Å²) in [5.74, 6) is -0.666. The second-order valence-corrected chi connectivity index (χ2v) is 8.82. The highest BCUT2D eigenvalue weighted by Crippen LogP contribution is 2.21. The molecule has 34 heavy (non-hydrogen) atoms. The van der Waals surface area contributed by atoms with Crippen molar-refractivity contribution in [3.05, 3.63) is 81.1 Å². The van der Waals surface area contributed by atoms with Gasteiger partial charge < -0.3 is 10.6 Å². The number of amides is 2. The van der Waals surface area contributed by atoms with Crippen LogP contribution in [-0.4, -0.2) is 41.2 Å². The van der Waals surface area contributed by atoms with E-state index in [1.54, 1.807) is 30.1 Å². The van der Waals surface area contributed by atoms with E-state index in [1.165, 1.54) is 10.9 Å². The van der Waals surface area contributed by atoms with E-state index in [2.05, 4.69) is 41.9 Å². The Labute approximate surface area is 205 Å². The molecule has 0 unspecified atom stereocenters. The molecule has 0 atom stereocenters. The number of aromatic nitrogens is 6. The highest BCUT2D eigenvalue weighted by Gasteiger charge is 2.19. The van der Waals surface area contributed by atoms with Crippen molar-refractivity contribution in [2.45, 2.75) is 26.9 Å². The van der Waals surface area contributed by atoms with Crippen molar-refractivity contribution >= 4 is 33.4 Å². The molecule has 0 aliphatic rings. The van der Waals surface area contributed by atoms with Gasteiger partial charge in [-0.15, -0.1) is 0 Å². The van der Waals surface area contributed by atoms with Crippen molar-refractivity contribution in [2.24, 2.45) is 14.1 Å². The summed E-state index contributed by atoms with van der Waals surface area (Å²) in [5.41, 5.74) is 4.96. The number of hydrogen-bond donors (Lipinski definition) is 2. The number of benzene rings is 1. The fourth-order valence-corrected chi connectivity index (χ4v) is 3.87. The summed E-state index contributed by atoms with van der Waals surface area (Å²) in [7, 11) is 3.46. The lowest BCUT2D eigenvalue weighted by atomic mass is 10.1. The van der Waals surface area contributed by atoms with Crippen molar-refractivity contribution in [3.8, 4) is 0 Å². The van der Waals surface area contributed by atoms with Crippen LogP contribution in [0.25, 0.3) is 0 Å². The fourth-order valence-electron chi connectivity index (χ4n) is 3.59. The molecule has 0 aliphatic heterocycles. The quantitative estimate of drug-likeness (QED) is 0.386. The van der Waals surface area contributed by atoms with Gasteiger partial charge in [0.2, 0.25) is 0 Å². The standard InChI is InChI=1S/C23H25BrN8O2/c1-14-20(24)15(2)32(29-14)13-16-5-7-18(8-6-16)22(33)28-19-11-27-31(4)21(19)23(34)25-9-17-10-26-30(3)12-17/h5-8,10-12H,9,13H2,1-4H3,(H,25,34)(H,28,33). The molecule has 0 radical (unpaired) electrons. The Morgan fingerprint density at radius 1 is 1.00 bits per heavy atom. The van der Waals surface area contributed by atoms with Gasteiger partial charge in [0, 0.05) is 38.0 Å². The molecule has 0 saturated heterocycles. The molecule has 11 heteroatoms. The summed E-state index contributed by atoms with van der Waals surface area (Å²) in [6.45, 7) is 4.87. The van der Waals surface area contributed by atoms with Crippen molar-refractivity contribution in [1.82, 2.24) is 34.7 Å². The zero-order valence-corrected chi connectivity index (χ0v) is 20.9. The summed E-state index contributed by atoms with van der Waals surface area (Å²) in [5, 5.41) is 18.4. The Balaban J connectivity index is 1.42. The van der Waals surface area contributed by atoms with Gasteiger partial charge in [-0.25, -0.2) is 0 Å². The first-order valence-corrected chi connectivity index (χ1v) is 11.4. The molecule has 10 nitrogen and oxygen atoms in total. The van der Waals surface area contributed by atoms with Crippen molar-refractivity contribution in [2.75, 3.05) is 5.32 Å². The maximum Gasteiger partial charge on any atom is 0.271 e. The third-order valence-electron chi connectivity index (χ3n) is 5.46. The lowest BCUT2D eigenvalue weighted by Gasteiger charge is -2.09. The summed E-state index contributed by atoms with van der Waals surface area (Å²) >= 11 is 3.54. The van der Waals surface area contributed by atoms with E-state index in [4.69, 9.17) is 0 Å². The third-order valence-corrected chi connectivity index (χ3v) is 6.60. The molecule has 4 aromatic rings. The van der Waals surface area contributed by atoms with Crippen molar-refractivity contribution in [3.63, 3.8) is 0 Å². The maximum atomic E-state index is 12.8. The number of rotatable bonds is 7. The van der Waals surface area contributed by atoms with Crippen molar-refractivity contribution < 1.29 is 9.59 Å². The van der Waals surface area contributed by atoms with Crippen LogP contribution in [0.1, 0.15) is 43.4 Å². The highest BCUT2D eigenvalue weighted by molar-refractivity contribution is 9.10. The molecule has 0 saturated carbocycles. The Hall–Kier alpha value is -3.73. The fraction of sp³-hybridized carbons (Fsp3) is 0.261. The van der Waals surface area contributed by atoms with Crippen LogP contribution in [-0.2, 0) is 27.2 Å². The van der Waals surface area contributed by atoms with Gasteiger partial charge >= 0.3 is 0 Å². The monoisotopic (exact) mass is 524 g/mol. The zero-order valence-electron chi connectivity index (χ0n) is 19.3. The minimum absolute atomic E-state index is 0.268. The Morgan fingerprint density at radius 3 is 2.35 bits per heavy atom. The van der Waals surface area contributed by atoms with Crippen LogP contribution in [0.3, 0.4) is 0 Å². The van der Waals surface area contributed by atoms with Gasteiger partial charge in [0.1, 0.15) is 5.69 Å². The second kappa shape index (κ2) is 9.64. The van der Waals surface area contributed by atoms with Gasteiger partial charge in [-0.2, -0.15) is 15.3 Å². The van der Waals surface area contributed by atoms with E-state index in [0.29, 0.717) is 24.3 Å². The lowest BCUT2D eigenvalue weighted by molar-refractivity contribution is 0.0942. The minimum atomic E-state index is -0.342. The molecular weight excluding hydrogens is 500 g/mol. The van der Waals surface area contributed by atoms with Crippen molar-refractivity contribution in [1.29, 1.82) is 0 Å². The average molecular weight is 525 g/mol. The number of anilines is 1. The predicted molar refractivity (Wildman–Crippen MR) is 130 cm³/mol. The molecular formula is C23H25BrN8O2. The lowest BCUT2D eigenvalue weighted by Crippen LogP contribution is -2.26. The number of hydrogen-bond acceptors (Lipinski definition) is 5. The first-order valence-electron chi connectivity index (χ1n) is 10.6. The third kappa shape index (κ3) is 4.93. The number of aryl methyl sites for hydroxylation is 3. The largest absolute Gasteiger partial charge is 0.346 e. The molecule has 0 spiro atoms. The van der Waals surface area contributed by atoms with E-state index in [9.17, 15) is 9.59 Å². The number of halogens is 1. The van der Waals surface area contributed by atoms with Gasteiger partial charge in [0.25, 0.3) is 11.8 Å². The average Bonchev–Trinajstić information content (AvgIpc) is 3.47. The van der Waals surface area contributed by atoms with Gasteiger partial charge in [-0.05, 0) is 47.5 Å². The molecule has 2 N–H and O–H groups in total. The molecule has 2 amide bonds. The van der Waals surface area contributed by atoms with Gasteiger partial charge in [-0.1, -0.05) is 12.1 Å². The topological polar surface area (TPSA) is 112 Å². The molecule has 0 bridgehead atoms. The molecule has 176 valence electrons. The molecule has 4 rings (SSSR count). The van der Waals surface area contributed by atoms with Gasteiger partial charge in [0.05, 0.1) is 40.5 Å². The Kier molecular flexibility index (Phi) is 6.64. The van der Waals surface area contributed by atoms with E-state index >= 15 is 0 Å².